The van der Waals surface area contributed by atoms with Crippen LogP contribution in [0.3, 0.4) is 0 Å². The number of amidine groups is 1. The Bertz CT molecular complexity index is 583. The molecule has 0 amide bonds. The molecular formula is C12H18N4O5. The average Bonchev–Trinajstić information content (AvgIpc) is 2.43. The fourth-order valence-electron chi connectivity index (χ4n) is 1.55. The van der Waals surface area contributed by atoms with Crippen LogP contribution in [0.4, 0.5) is 0 Å². The third-order valence-electron chi connectivity index (χ3n) is 2.71. The lowest BCUT2D eigenvalue weighted by molar-refractivity contribution is -0.0714. The fraction of sp³-hybridized carbons (Fsp3) is 0.417. The third-order valence-corrected chi connectivity index (χ3v) is 2.71. The van der Waals surface area contributed by atoms with Gasteiger partial charge < -0.3 is 25.8 Å². The summed E-state index contributed by atoms with van der Waals surface area (Å²) in [5.74, 6) is -0.714. The highest BCUT2D eigenvalue weighted by Gasteiger charge is 2.25. The van der Waals surface area contributed by atoms with E-state index in [2.05, 4.69) is 11.6 Å². The van der Waals surface area contributed by atoms with Crippen molar-refractivity contribution in [3.8, 4) is 0 Å². The van der Waals surface area contributed by atoms with Crippen molar-refractivity contribution in [2.45, 2.75) is 25.2 Å². The SMILES string of the molecule is C=C(O[C@H](CO)C(O)C(C)O)n1ccnc(C(=N)N)c1=O. The van der Waals surface area contributed by atoms with E-state index in [0.29, 0.717) is 0 Å². The molecule has 0 aliphatic rings. The number of nitrogens with zero attached hydrogens (tertiary/aromatic N) is 2. The molecule has 116 valence electrons. The molecule has 0 aliphatic heterocycles. The first-order valence-electron chi connectivity index (χ1n) is 6.04. The van der Waals surface area contributed by atoms with E-state index >= 15 is 0 Å². The summed E-state index contributed by atoms with van der Waals surface area (Å²) in [5.41, 5.74) is 4.22. The normalized spacial score (nSPS) is 15.0. The number of hydrogen-bond acceptors (Lipinski definition) is 7. The van der Waals surface area contributed by atoms with Crippen LogP contribution in [0.25, 0.3) is 5.88 Å². The zero-order valence-electron chi connectivity index (χ0n) is 11.4. The van der Waals surface area contributed by atoms with Crippen LogP contribution in [0.15, 0.2) is 23.8 Å². The van der Waals surface area contributed by atoms with Gasteiger partial charge in [-0.25, -0.2) is 4.98 Å². The van der Waals surface area contributed by atoms with Crippen molar-refractivity contribution in [1.29, 1.82) is 5.41 Å². The van der Waals surface area contributed by atoms with E-state index < -0.39 is 36.3 Å². The Morgan fingerprint density at radius 2 is 2.24 bits per heavy atom. The topological polar surface area (TPSA) is 155 Å². The molecule has 1 aromatic rings. The number of nitrogens with two attached hydrogens (primary N) is 1. The van der Waals surface area contributed by atoms with Crippen LogP contribution in [0.5, 0.6) is 0 Å². The van der Waals surface area contributed by atoms with Crippen LogP contribution in [-0.4, -0.2) is 55.6 Å². The molecule has 0 radical (unpaired) electrons. The minimum Gasteiger partial charge on any atom is -0.470 e. The summed E-state index contributed by atoms with van der Waals surface area (Å²) in [6.45, 7) is 4.25. The second-order valence-electron chi connectivity index (χ2n) is 4.33. The summed E-state index contributed by atoms with van der Waals surface area (Å²) >= 11 is 0. The van der Waals surface area contributed by atoms with Crippen molar-refractivity contribution in [3.05, 3.63) is 35.0 Å². The number of nitrogen functional groups attached to an aromatic ring is 1. The van der Waals surface area contributed by atoms with E-state index in [1.54, 1.807) is 0 Å². The summed E-state index contributed by atoms with van der Waals surface area (Å²) in [4.78, 5) is 15.7. The molecule has 0 saturated heterocycles. The minimum atomic E-state index is -1.36. The zero-order chi connectivity index (χ0) is 16.2. The van der Waals surface area contributed by atoms with Gasteiger partial charge >= 0.3 is 0 Å². The lowest BCUT2D eigenvalue weighted by Crippen LogP contribution is -2.40. The van der Waals surface area contributed by atoms with Gasteiger partial charge in [0.15, 0.2) is 17.7 Å². The average molecular weight is 298 g/mol. The summed E-state index contributed by atoms with van der Waals surface area (Å²) in [5, 5.41) is 35.3. The third kappa shape index (κ3) is 3.88. The highest BCUT2D eigenvalue weighted by atomic mass is 16.5. The van der Waals surface area contributed by atoms with E-state index in [9.17, 15) is 15.0 Å². The Morgan fingerprint density at radius 3 is 2.71 bits per heavy atom. The molecule has 0 aliphatic carbocycles. The Balaban J connectivity index is 3.02. The summed E-state index contributed by atoms with van der Waals surface area (Å²) in [6, 6.07) is 0. The Hall–Kier alpha value is -2.23. The standard InChI is InChI=1S/C12H18N4O5/c1-6(18)10(19)8(5-17)21-7(2)16-4-3-15-9(11(13)14)12(16)20/h3-4,6,8,10,17-19H,2,5H2,1H3,(H3,13,14)/t6?,8-,10?/m1/s1. The van der Waals surface area contributed by atoms with E-state index in [1.807, 2.05) is 0 Å². The molecule has 21 heavy (non-hydrogen) atoms. The van der Waals surface area contributed by atoms with E-state index in [1.165, 1.54) is 19.3 Å². The maximum atomic E-state index is 12.0. The first kappa shape index (κ1) is 16.8. The highest BCUT2D eigenvalue weighted by Crippen LogP contribution is 2.11. The number of aliphatic hydroxyl groups excluding tert-OH is 3. The highest BCUT2D eigenvalue weighted by molar-refractivity contribution is 5.92. The molecule has 3 atom stereocenters. The van der Waals surface area contributed by atoms with Crippen LogP contribution >= 0.6 is 0 Å². The molecule has 2 unspecified atom stereocenters. The number of ether oxygens (including phenoxy) is 1. The Kier molecular flexibility index (Phi) is 5.59. The second-order valence-corrected chi connectivity index (χ2v) is 4.33. The Labute approximate surface area is 120 Å². The number of aliphatic hydroxyl groups is 3. The van der Waals surface area contributed by atoms with Gasteiger partial charge in [-0.15, -0.1) is 0 Å². The maximum Gasteiger partial charge on any atom is 0.287 e. The van der Waals surface area contributed by atoms with Crippen molar-refractivity contribution in [3.63, 3.8) is 0 Å². The van der Waals surface area contributed by atoms with Crippen LogP contribution in [0, 0.1) is 5.41 Å². The van der Waals surface area contributed by atoms with Gasteiger partial charge in [-0.2, -0.15) is 0 Å². The predicted molar refractivity (Wildman–Crippen MR) is 74.5 cm³/mol. The smallest absolute Gasteiger partial charge is 0.287 e. The lowest BCUT2D eigenvalue weighted by atomic mass is 10.1. The van der Waals surface area contributed by atoms with Gasteiger partial charge in [-0.05, 0) is 13.5 Å². The molecular weight excluding hydrogens is 280 g/mol. The quantitative estimate of drug-likeness (QED) is 0.223. The van der Waals surface area contributed by atoms with Crippen molar-refractivity contribution in [2.75, 3.05) is 6.61 Å². The predicted octanol–water partition coefficient (Wildman–Crippen LogP) is -1.93. The first-order valence-corrected chi connectivity index (χ1v) is 6.04. The molecule has 0 spiro atoms. The number of rotatable bonds is 7. The van der Waals surface area contributed by atoms with Crippen molar-refractivity contribution >= 4 is 11.7 Å². The molecule has 0 bridgehead atoms. The van der Waals surface area contributed by atoms with Gasteiger partial charge in [0.05, 0.1) is 12.7 Å². The largest absolute Gasteiger partial charge is 0.470 e. The number of nitrogens with one attached hydrogen (secondary N) is 1. The van der Waals surface area contributed by atoms with Gasteiger partial charge in [0.1, 0.15) is 11.9 Å². The van der Waals surface area contributed by atoms with E-state index in [0.717, 1.165) is 4.57 Å². The molecule has 1 rings (SSSR count). The zero-order valence-corrected chi connectivity index (χ0v) is 11.4. The van der Waals surface area contributed by atoms with Crippen LogP contribution in [-0.2, 0) is 4.74 Å². The maximum absolute atomic E-state index is 12.0. The van der Waals surface area contributed by atoms with Crippen molar-refractivity contribution in [2.24, 2.45) is 5.73 Å². The summed E-state index contributed by atoms with van der Waals surface area (Å²) < 4.78 is 6.13. The summed E-state index contributed by atoms with van der Waals surface area (Å²) in [7, 11) is 0. The molecule has 0 saturated carbocycles. The van der Waals surface area contributed by atoms with Crippen LogP contribution in [0.2, 0.25) is 0 Å². The molecule has 1 heterocycles. The fourth-order valence-corrected chi connectivity index (χ4v) is 1.55. The Morgan fingerprint density at radius 1 is 1.62 bits per heavy atom. The molecule has 9 heteroatoms. The molecule has 9 nitrogen and oxygen atoms in total. The molecule has 6 N–H and O–H groups in total. The van der Waals surface area contributed by atoms with Gasteiger partial charge in [0.2, 0.25) is 0 Å². The van der Waals surface area contributed by atoms with Gasteiger partial charge in [-0.1, -0.05) is 0 Å². The van der Waals surface area contributed by atoms with Gasteiger partial charge in [0.25, 0.3) is 5.56 Å². The van der Waals surface area contributed by atoms with Crippen molar-refractivity contribution < 1.29 is 20.1 Å². The molecule has 1 aromatic heterocycles. The van der Waals surface area contributed by atoms with Crippen LogP contribution in [0.1, 0.15) is 12.6 Å². The van der Waals surface area contributed by atoms with Crippen LogP contribution < -0.4 is 11.3 Å². The molecule has 0 fully saturated rings. The van der Waals surface area contributed by atoms with Gasteiger partial charge in [0, 0.05) is 12.4 Å². The van der Waals surface area contributed by atoms with Crippen molar-refractivity contribution in [1.82, 2.24) is 9.55 Å². The minimum absolute atomic E-state index is 0.205. The summed E-state index contributed by atoms with van der Waals surface area (Å²) in [6.07, 6.45) is -1.21. The second kappa shape index (κ2) is 6.97. The molecule has 0 aromatic carbocycles. The van der Waals surface area contributed by atoms with E-state index in [4.69, 9.17) is 21.0 Å². The van der Waals surface area contributed by atoms with E-state index in [-0.39, 0.29) is 11.6 Å². The number of hydrogen-bond donors (Lipinski definition) is 5. The first-order chi connectivity index (χ1) is 9.79. The lowest BCUT2D eigenvalue weighted by Gasteiger charge is -2.25. The monoisotopic (exact) mass is 298 g/mol. The van der Waals surface area contributed by atoms with Gasteiger partial charge in [-0.3, -0.25) is 14.8 Å². The number of aromatic nitrogens is 2.